The van der Waals surface area contributed by atoms with Gasteiger partial charge in [0, 0.05) is 0 Å². The van der Waals surface area contributed by atoms with Crippen LogP contribution in [0, 0.1) is 6.92 Å². The quantitative estimate of drug-likeness (QED) is 0.860. The van der Waals surface area contributed by atoms with Crippen molar-refractivity contribution in [2.75, 3.05) is 5.32 Å². The SMILES string of the molecule is CC[C@@H](Oc1ccccc1C)C(=O)Nc1ccccc1C(N)=O. The molecule has 0 spiro atoms. The number of benzene rings is 2. The van der Waals surface area contributed by atoms with Crippen molar-refractivity contribution in [1.29, 1.82) is 0 Å². The zero-order valence-electron chi connectivity index (χ0n) is 13.2. The van der Waals surface area contributed by atoms with E-state index in [9.17, 15) is 9.59 Å². The van der Waals surface area contributed by atoms with Crippen molar-refractivity contribution in [3.8, 4) is 5.75 Å². The van der Waals surface area contributed by atoms with E-state index in [-0.39, 0.29) is 11.5 Å². The van der Waals surface area contributed by atoms with E-state index >= 15 is 0 Å². The van der Waals surface area contributed by atoms with Crippen LogP contribution in [0.15, 0.2) is 48.5 Å². The number of rotatable bonds is 6. The number of hydrogen-bond acceptors (Lipinski definition) is 3. The van der Waals surface area contributed by atoms with Crippen LogP contribution in [0.1, 0.15) is 29.3 Å². The zero-order chi connectivity index (χ0) is 16.8. The fourth-order valence-corrected chi connectivity index (χ4v) is 2.18. The molecule has 0 radical (unpaired) electrons. The minimum Gasteiger partial charge on any atom is -0.480 e. The number of carbonyl (C=O) groups is 2. The van der Waals surface area contributed by atoms with Crippen molar-refractivity contribution < 1.29 is 14.3 Å². The lowest BCUT2D eigenvalue weighted by molar-refractivity contribution is -0.122. The summed E-state index contributed by atoms with van der Waals surface area (Å²) in [4.78, 5) is 23.9. The number of nitrogens with one attached hydrogen (secondary N) is 1. The van der Waals surface area contributed by atoms with Crippen molar-refractivity contribution >= 4 is 17.5 Å². The second-order valence-electron chi connectivity index (χ2n) is 5.18. The van der Waals surface area contributed by atoms with Gasteiger partial charge in [0.25, 0.3) is 11.8 Å². The van der Waals surface area contributed by atoms with Crippen molar-refractivity contribution in [2.45, 2.75) is 26.4 Å². The summed E-state index contributed by atoms with van der Waals surface area (Å²) in [6.07, 6.45) is -0.157. The fourth-order valence-electron chi connectivity index (χ4n) is 2.18. The van der Waals surface area contributed by atoms with Crippen LogP contribution in [0.4, 0.5) is 5.69 Å². The summed E-state index contributed by atoms with van der Waals surface area (Å²) in [5.41, 5.74) is 6.93. The third kappa shape index (κ3) is 4.10. The van der Waals surface area contributed by atoms with Crippen LogP contribution in [-0.4, -0.2) is 17.9 Å². The molecule has 23 heavy (non-hydrogen) atoms. The smallest absolute Gasteiger partial charge is 0.265 e. The highest BCUT2D eigenvalue weighted by Crippen LogP contribution is 2.20. The van der Waals surface area contributed by atoms with Crippen LogP contribution in [0.5, 0.6) is 5.75 Å². The number of nitrogens with two attached hydrogens (primary N) is 1. The van der Waals surface area contributed by atoms with Gasteiger partial charge in [-0.2, -0.15) is 0 Å². The first-order valence-electron chi connectivity index (χ1n) is 7.45. The van der Waals surface area contributed by atoms with Crippen LogP contribution in [-0.2, 0) is 4.79 Å². The molecule has 2 aromatic rings. The Hall–Kier alpha value is -2.82. The Labute approximate surface area is 135 Å². The normalized spacial score (nSPS) is 11.6. The number of ether oxygens (including phenoxy) is 1. The highest BCUT2D eigenvalue weighted by Gasteiger charge is 2.20. The molecular formula is C18H20N2O3. The van der Waals surface area contributed by atoms with Gasteiger partial charge in [-0.3, -0.25) is 9.59 Å². The van der Waals surface area contributed by atoms with Gasteiger partial charge < -0.3 is 15.8 Å². The molecular weight excluding hydrogens is 292 g/mol. The van der Waals surface area contributed by atoms with Gasteiger partial charge in [0.15, 0.2) is 6.10 Å². The largest absolute Gasteiger partial charge is 0.480 e. The summed E-state index contributed by atoms with van der Waals surface area (Å²) in [7, 11) is 0. The Kier molecular flexibility index (Phi) is 5.36. The third-order valence-corrected chi connectivity index (χ3v) is 3.48. The van der Waals surface area contributed by atoms with E-state index in [0.29, 0.717) is 17.9 Å². The molecule has 1 atom stereocenters. The number of anilines is 1. The number of carbonyl (C=O) groups excluding carboxylic acids is 2. The zero-order valence-corrected chi connectivity index (χ0v) is 13.2. The average molecular weight is 312 g/mol. The first-order chi connectivity index (χ1) is 11.0. The van der Waals surface area contributed by atoms with E-state index in [4.69, 9.17) is 10.5 Å². The summed E-state index contributed by atoms with van der Waals surface area (Å²) in [5, 5.41) is 2.72. The molecule has 120 valence electrons. The lowest BCUT2D eigenvalue weighted by atomic mass is 10.1. The van der Waals surface area contributed by atoms with Crippen molar-refractivity contribution in [2.24, 2.45) is 5.73 Å². The molecule has 0 aliphatic rings. The minimum atomic E-state index is -0.656. The molecule has 2 aromatic carbocycles. The second kappa shape index (κ2) is 7.45. The van der Waals surface area contributed by atoms with Crippen LogP contribution in [0.2, 0.25) is 0 Å². The lowest BCUT2D eigenvalue weighted by Gasteiger charge is -2.19. The van der Waals surface area contributed by atoms with Gasteiger partial charge in [0.05, 0.1) is 11.3 Å². The standard InChI is InChI=1S/C18H20N2O3/c1-3-15(23-16-11-7-4-8-12(16)2)18(22)20-14-10-6-5-9-13(14)17(19)21/h4-11,15H,3H2,1-2H3,(H2,19,21)(H,20,22)/t15-/m1/s1. The number of hydrogen-bond donors (Lipinski definition) is 2. The maximum Gasteiger partial charge on any atom is 0.265 e. The predicted molar refractivity (Wildman–Crippen MR) is 89.5 cm³/mol. The molecule has 0 heterocycles. The first-order valence-corrected chi connectivity index (χ1v) is 7.45. The maximum atomic E-state index is 12.4. The number of primary amides is 1. The van der Waals surface area contributed by atoms with E-state index < -0.39 is 12.0 Å². The summed E-state index contributed by atoms with van der Waals surface area (Å²) < 4.78 is 5.80. The van der Waals surface area contributed by atoms with Gasteiger partial charge >= 0.3 is 0 Å². The number of para-hydroxylation sites is 2. The van der Waals surface area contributed by atoms with E-state index in [1.54, 1.807) is 24.3 Å². The molecule has 5 nitrogen and oxygen atoms in total. The Balaban J connectivity index is 2.15. The first kappa shape index (κ1) is 16.5. The number of amides is 2. The lowest BCUT2D eigenvalue weighted by Crippen LogP contribution is -2.33. The van der Waals surface area contributed by atoms with Crippen molar-refractivity contribution in [3.05, 3.63) is 59.7 Å². The monoisotopic (exact) mass is 312 g/mol. The summed E-state index contributed by atoms with van der Waals surface area (Å²) in [6.45, 7) is 3.78. The Morgan fingerprint density at radius 1 is 1.13 bits per heavy atom. The van der Waals surface area contributed by atoms with Gasteiger partial charge in [-0.1, -0.05) is 37.3 Å². The highest BCUT2D eigenvalue weighted by atomic mass is 16.5. The van der Waals surface area contributed by atoms with Gasteiger partial charge in [-0.05, 0) is 37.1 Å². The van der Waals surface area contributed by atoms with E-state index in [1.807, 2.05) is 38.1 Å². The third-order valence-electron chi connectivity index (χ3n) is 3.48. The van der Waals surface area contributed by atoms with Gasteiger partial charge in [0.2, 0.25) is 0 Å². The Morgan fingerprint density at radius 2 is 1.78 bits per heavy atom. The molecule has 2 rings (SSSR count). The predicted octanol–water partition coefficient (Wildman–Crippen LogP) is 2.89. The Bertz CT molecular complexity index is 713. The summed E-state index contributed by atoms with van der Waals surface area (Å²) in [5.74, 6) is -0.240. The van der Waals surface area contributed by atoms with Crippen molar-refractivity contribution in [3.63, 3.8) is 0 Å². The van der Waals surface area contributed by atoms with Crippen molar-refractivity contribution in [1.82, 2.24) is 0 Å². The molecule has 0 aliphatic heterocycles. The highest BCUT2D eigenvalue weighted by molar-refractivity contribution is 6.04. The molecule has 3 N–H and O–H groups in total. The fraction of sp³-hybridized carbons (Fsp3) is 0.222. The molecule has 0 unspecified atom stereocenters. The molecule has 5 heteroatoms. The molecule has 0 saturated carbocycles. The van der Waals surface area contributed by atoms with Crippen LogP contribution >= 0.6 is 0 Å². The molecule has 0 fully saturated rings. The minimum absolute atomic E-state index is 0.270. The molecule has 0 aromatic heterocycles. The molecule has 2 amide bonds. The van der Waals surface area contributed by atoms with Crippen LogP contribution in [0.3, 0.4) is 0 Å². The summed E-state index contributed by atoms with van der Waals surface area (Å²) in [6, 6.07) is 14.1. The number of aryl methyl sites for hydroxylation is 1. The topological polar surface area (TPSA) is 81.4 Å². The molecule has 0 saturated heterocycles. The summed E-state index contributed by atoms with van der Waals surface area (Å²) >= 11 is 0. The van der Waals surface area contributed by atoms with Crippen LogP contribution in [0.25, 0.3) is 0 Å². The average Bonchev–Trinajstić information content (AvgIpc) is 2.54. The van der Waals surface area contributed by atoms with Gasteiger partial charge in [-0.15, -0.1) is 0 Å². The maximum absolute atomic E-state index is 12.4. The van der Waals surface area contributed by atoms with E-state index in [2.05, 4.69) is 5.32 Å². The Morgan fingerprint density at radius 3 is 2.43 bits per heavy atom. The molecule has 0 bridgehead atoms. The van der Waals surface area contributed by atoms with E-state index in [1.165, 1.54) is 0 Å². The molecule has 0 aliphatic carbocycles. The van der Waals surface area contributed by atoms with Gasteiger partial charge in [-0.25, -0.2) is 0 Å². The van der Waals surface area contributed by atoms with Crippen LogP contribution < -0.4 is 15.8 Å². The van der Waals surface area contributed by atoms with E-state index in [0.717, 1.165) is 5.56 Å². The second-order valence-corrected chi connectivity index (χ2v) is 5.18. The van der Waals surface area contributed by atoms with Gasteiger partial charge in [0.1, 0.15) is 5.75 Å².